The van der Waals surface area contributed by atoms with Gasteiger partial charge in [0, 0.05) is 23.7 Å². The summed E-state index contributed by atoms with van der Waals surface area (Å²) in [6, 6.07) is 10.2. The van der Waals surface area contributed by atoms with Gasteiger partial charge in [0.25, 0.3) is 5.91 Å². The fourth-order valence-corrected chi connectivity index (χ4v) is 2.89. The van der Waals surface area contributed by atoms with Crippen LogP contribution < -0.4 is 15.7 Å². The van der Waals surface area contributed by atoms with Gasteiger partial charge < -0.3 is 14.5 Å². The fraction of sp³-hybridized carbons (Fsp3) is 0.250. The molecule has 0 aliphatic rings. The number of carbonyl (C=O) groups is 1. The molecule has 0 saturated heterocycles. The van der Waals surface area contributed by atoms with Crippen LogP contribution in [0.3, 0.4) is 0 Å². The molecule has 6 nitrogen and oxygen atoms in total. The number of carbonyl (C=O) groups excluding carboxylic acids is 1. The first kappa shape index (κ1) is 18.9. The van der Waals surface area contributed by atoms with E-state index in [-0.39, 0.29) is 11.7 Å². The average Bonchev–Trinajstić information content (AvgIpc) is 2.67. The molecule has 0 aliphatic carbocycles. The number of pyridine rings is 1. The smallest absolute Gasteiger partial charge is 0.336 e. The molecule has 0 unspecified atom stereocenters. The molecule has 7 heteroatoms. The first-order valence-electron chi connectivity index (χ1n) is 8.58. The molecule has 0 saturated carbocycles. The number of fused-ring (bicyclic) bond motifs is 1. The standard InChI is InChI=1S/C20H19ClN2O4/c1-3-13-8-19(24)27-17-10-18(16(21)9-15(13)17)26-12(2)20(25)23-11-14-6-4-5-7-22-14/h4-10,12H,3,11H2,1-2H3,(H,23,25)/t12-/m1/s1. The first-order chi connectivity index (χ1) is 13.0. The van der Waals surface area contributed by atoms with Crippen LogP contribution in [0.1, 0.15) is 25.1 Å². The van der Waals surface area contributed by atoms with E-state index >= 15 is 0 Å². The van der Waals surface area contributed by atoms with Crippen LogP contribution in [-0.4, -0.2) is 17.0 Å². The Balaban J connectivity index is 1.76. The predicted molar refractivity (Wildman–Crippen MR) is 103 cm³/mol. The Bertz CT molecular complexity index is 1020. The van der Waals surface area contributed by atoms with Gasteiger partial charge in [0.15, 0.2) is 6.10 Å². The molecule has 2 heterocycles. The largest absolute Gasteiger partial charge is 0.479 e. The molecule has 0 spiro atoms. The third-order valence-corrected chi connectivity index (χ3v) is 4.40. The monoisotopic (exact) mass is 386 g/mol. The second-order valence-corrected chi connectivity index (χ2v) is 6.43. The van der Waals surface area contributed by atoms with E-state index in [4.69, 9.17) is 20.8 Å². The van der Waals surface area contributed by atoms with E-state index < -0.39 is 11.7 Å². The molecule has 0 radical (unpaired) electrons. The zero-order chi connectivity index (χ0) is 19.4. The van der Waals surface area contributed by atoms with Crippen molar-refractivity contribution in [3.8, 4) is 5.75 Å². The summed E-state index contributed by atoms with van der Waals surface area (Å²) in [6.45, 7) is 3.86. The SMILES string of the molecule is CCc1cc(=O)oc2cc(O[C@H](C)C(=O)NCc3ccccn3)c(Cl)cc12. The maximum atomic E-state index is 12.3. The van der Waals surface area contributed by atoms with Crippen LogP contribution >= 0.6 is 11.6 Å². The predicted octanol–water partition coefficient (Wildman–Crippen LogP) is 3.49. The van der Waals surface area contributed by atoms with Gasteiger partial charge in [-0.15, -0.1) is 0 Å². The Morgan fingerprint density at radius 3 is 2.85 bits per heavy atom. The summed E-state index contributed by atoms with van der Waals surface area (Å²) in [5.41, 5.74) is 1.53. The van der Waals surface area contributed by atoms with Crippen LogP contribution in [0.5, 0.6) is 5.75 Å². The molecule has 0 fully saturated rings. The van der Waals surface area contributed by atoms with Gasteiger partial charge in [-0.1, -0.05) is 24.6 Å². The van der Waals surface area contributed by atoms with Gasteiger partial charge in [-0.25, -0.2) is 4.79 Å². The Kier molecular flexibility index (Phi) is 5.76. The maximum Gasteiger partial charge on any atom is 0.336 e. The summed E-state index contributed by atoms with van der Waals surface area (Å²) in [6.07, 6.45) is 1.55. The van der Waals surface area contributed by atoms with Gasteiger partial charge in [-0.05, 0) is 37.1 Å². The molecule has 0 bridgehead atoms. The second kappa shape index (κ2) is 8.22. The van der Waals surface area contributed by atoms with E-state index in [2.05, 4.69) is 10.3 Å². The van der Waals surface area contributed by atoms with Gasteiger partial charge in [0.1, 0.15) is 11.3 Å². The fourth-order valence-electron chi connectivity index (χ4n) is 2.68. The summed E-state index contributed by atoms with van der Waals surface area (Å²) < 4.78 is 10.9. The highest BCUT2D eigenvalue weighted by molar-refractivity contribution is 6.32. The summed E-state index contributed by atoms with van der Waals surface area (Å²) in [4.78, 5) is 28.1. The summed E-state index contributed by atoms with van der Waals surface area (Å²) >= 11 is 6.31. The Labute approximate surface area is 161 Å². The first-order valence-corrected chi connectivity index (χ1v) is 8.96. The van der Waals surface area contributed by atoms with Crippen molar-refractivity contribution in [1.82, 2.24) is 10.3 Å². The van der Waals surface area contributed by atoms with Crippen molar-refractivity contribution in [2.24, 2.45) is 0 Å². The molecular formula is C20H19ClN2O4. The summed E-state index contributed by atoms with van der Waals surface area (Å²) in [7, 11) is 0. The lowest BCUT2D eigenvalue weighted by atomic mass is 10.1. The molecule has 3 rings (SSSR count). The molecule has 1 amide bonds. The number of nitrogens with zero attached hydrogens (tertiary/aromatic N) is 1. The highest BCUT2D eigenvalue weighted by Gasteiger charge is 2.18. The van der Waals surface area contributed by atoms with E-state index in [9.17, 15) is 9.59 Å². The van der Waals surface area contributed by atoms with Crippen molar-refractivity contribution < 1.29 is 13.9 Å². The second-order valence-electron chi connectivity index (χ2n) is 6.02. The zero-order valence-corrected chi connectivity index (χ0v) is 15.7. The number of hydrogen-bond donors (Lipinski definition) is 1. The minimum atomic E-state index is -0.787. The van der Waals surface area contributed by atoms with Crippen LogP contribution in [-0.2, 0) is 17.8 Å². The number of amides is 1. The Hall–Kier alpha value is -2.86. The lowest BCUT2D eigenvalue weighted by Gasteiger charge is -2.16. The topological polar surface area (TPSA) is 81.4 Å². The molecule has 1 N–H and O–H groups in total. The van der Waals surface area contributed by atoms with E-state index in [0.717, 1.165) is 16.6 Å². The normalized spacial score (nSPS) is 12.0. The van der Waals surface area contributed by atoms with E-state index in [1.807, 2.05) is 19.1 Å². The van der Waals surface area contributed by atoms with Crippen molar-refractivity contribution in [3.63, 3.8) is 0 Å². The number of benzene rings is 1. The molecule has 1 atom stereocenters. The average molecular weight is 387 g/mol. The zero-order valence-electron chi connectivity index (χ0n) is 15.0. The van der Waals surface area contributed by atoms with Crippen molar-refractivity contribution in [1.29, 1.82) is 0 Å². The summed E-state index contributed by atoms with van der Waals surface area (Å²) in [5, 5.41) is 3.85. The van der Waals surface area contributed by atoms with E-state index in [0.29, 0.717) is 23.6 Å². The number of halogens is 1. The molecule has 3 aromatic rings. The van der Waals surface area contributed by atoms with Gasteiger partial charge in [0.2, 0.25) is 0 Å². The van der Waals surface area contributed by atoms with E-state index in [1.54, 1.807) is 31.3 Å². The number of ether oxygens (including phenoxy) is 1. The Morgan fingerprint density at radius 1 is 1.33 bits per heavy atom. The van der Waals surface area contributed by atoms with Crippen LogP contribution in [0.15, 0.2) is 51.8 Å². The van der Waals surface area contributed by atoms with Crippen LogP contribution in [0.25, 0.3) is 11.0 Å². The number of rotatable bonds is 6. The molecule has 0 aliphatic heterocycles. The molecule has 2 aromatic heterocycles. The molecule has 140 valence electrons. The maximum absolute atomic E-state index is 12.3. The lowest BCUT2D eigenvalue weighted by Crippen LogP contribution is -2.36. The van der Waals surface area contributed by atoms with Crippen LogP contribution in [0.4, 0.5) is 0 Å². The van der Waals surface area contributed by atoms with Crippen molar-refractivity contribution >= 4 is 28.5 Å². The highest BCUT2D eigenvalue weighted by atomic mass is 35.5. The number of hydrogen-bond acceptors (Lipinski definition) is 5. The van der Waals surface area contributed by atoms with Crippen molar-refractivity contribution in [3.05, 3.63) is 69.3 Å². The molecule has 27 heavy (non-hydrogen) atoms. The highest BCUT2D eigenvalue weighted by Crippen LogP contribution is 2.32. The van der Waals surface area contributed by atoms with Gasteiger partial charge >= 0.3 is 5.63 Å². The van der Waals surface area contributed by atoms with Gasteiger partial charge in [-0.3, -0.25) is 9.78 Å². The quantitative estimate of drug-likeness (QED) is 0.656. The van der Waals surface area contributed by atoms with Crippen LogP contribution in [0.2, 0.25) is 5.02 Å². The van der Waals surface area contributed by atoms with Crippen molar-refractivity contribution in [2.75, 3.05) is 0 Å². The number of nitrogens with one attached hydrogen (secondary N) is 1. The third-order valence-electron chi connectivity index (χ3n) is 4.11. The summed E-state index contributed by atoms with van der Waals surface area (Å²) in [5.74, 6) is -0.0263. The number of aryl methyl sites for hydroxylation is 1. The molecule has 1 aromatic carbocycles. The van der Waals surface area contributed by atoms with E-state index in [1.165, 1.54) is 6.07 Å². The lowest BCUT2D eigenvalue weighted by molar-refractivity contribution is -0.127. The minimum Gasteiger partial charge on any atom is -0.479 e. The third kappa shape index (κ3) is 4.46. The van der Waals surface area contributed by atoms with Gasteiger partial charge in [-0.2, -0.15) is 0 Å². The minimum absolute atomic E-state index is 0.279. The number of aromatic nitrogens is 1. The Morgan fingerprint density at radius 2 is 2.15 bits per heavy atom. The van der Waals surface area contributed by atoms with Crippen LogP contribution in [0, 0.1) is 0 Å². The molecular weight excluding hydrogens is 368 g/mol. The van der Waals surface area contributed by atoms with Gasteiger partial charge in [0.05, 0.1) is 17.3 Å². The van der Waals surface area contributed by atoms with Crippen molar-refractivity contribution in [2.45, 2.75) is 32.9 Å².